The second-order valence-corrected chi connectivity index (χ2v) is 10.7. The summed E-state index contributed by atoms with van der Waals surface area (Å²) in [6.07, 6.45) is 4.20. The van der Waals surface area contributed by atoms with E-state index in [4.69, 9.17) is 0 Å². The number of benzene rings is 2. The minimum Gasteiger partial charge on any atom is -0.356 e. The smallest absolute Gasteiger partial charge is 0.220 e. The molecule has 3 rings (SSSR count). The molecule has 0 aliphatic heterocycles. The molecule has 1 amide bonds. The molecule has 0 radical (unpaired) electrons. The number of carbonyl (C=O) groups is 3. The Bertz CT molecular complexity index is 1060. The van der Waals surface area contributed by atoms with Gasteiger partial charge in [-0.05, 0) is 67.7 Å². The third-order valence-corrected chi connectivity index (χ3v) is 6.34. The first-order valence-electron chi connectivity index (χ1n) is 13.1. The van der Waals surface area contributed by atoms with Gasteiger partial charge in [0.1, 0.15) is 0 Å². The number of ketones is 2. The van der Waals surface area contributed by atoms with Gasteiger partial charge in [-0.25, -0.2) is 0 Å². The molecule has 0 saturated heterocycles. The fraction of sp³-hybridized carbons (Fsp3) is 0.516. The number of amides is 1. The standard InChI is InChI=1S/C29H37NO3.C2H6.2H2/c1-19-11-13-23(20(2)16-19)28(33)25-9-6-8-21-17-22(12-14-24(21)25)26(31)10-7-15-30-27(32)18-29(3,4)5;1-2;;/h11-14,16-17,25H,6-10,15,18H2,1-5H3,(H,30,32);1-2H3;2*1H. The van der Waals surface area contributed by atoms with Crippen molar-refractivity contribution in [1.82, 2.24) is 5.32 Å². The van der Waals surface area contributed by atoms with Gasteiger partial charge < -0.3 is 5.32 Å². The number of nitrogens with one attached hydrogen (secondary N) is 1. The molecule has 0 fully saturated rings. The summed E-state index contributed by atoms with van der Waals surface area (Å²) < 4.78 is 0. The first-order valence-corrected chi connectivity index (χ1v) is 13.1. The Kier molecular flexibility index (Phi) is 10.4. The molecule has 1 unspecified atom stereocenters. The lowest BCUT2D eigenvalue weighted by molar-refractivity contribution is -0.122. The molecule has 1 N–H and O–H groups in total. The van der Waals surface area contributed by atoms with Crippen molar-refractivity contribution in [2.45, 2.75) is 92.9 Å². The van der Waals surface area contributed by atoms with Gasteiger partial charge in [0.15, 0.2) is 11.6 Å². The van der Waals surface area contributed by atoms with Gasteiger partial charge in [0.2, 0.25) is 5.91 Å². The van der Waals surface area contributed by atoms with E-state index >= 15 is 0 Å². The molecule has 0 spiro atoms. The summed E-state index contributed by atoms with van der Waals surface area (Å²) in [6, 6.07) is 11.8. The topological polar surface area (TPSA) is 63.2 Å². The van der Waals surface area contributed by atoms with E-state index in [0.29, 0.717) is 31.4 Å². The zero-order valence-corrected chi connectivity index (χ0v) is 22.7. The summed E-state index contributed by atoms with van der Waals surface area (Å²) in [7, 11) is 0. The quantitative estimate of drug-likeness (QED) is 0.311. The second kappa shape index (κ2) is 12.8. The van der Waals surface area contributed by atoms with Crippen LogP contribution in [0.25, 0.3) is 0 Å². The van der Waals surface area contributed by atoms with E-state index in [-0.39, 0.29) is 31.7 Å². The maximum atomic E-state index is 13.3. The van der Waals surface area contributed by atoms with Crippen LogP contribution < -0.4 is 5.32 Å². The van der Waals surface area contributed by atoms with Crippen LogP contribution in [0.2, 0.25) is 0 Å². The van der Waals surface area contributed by atoms with E-state index in [1.807, 2.05) is 78.8 Å². The fourth-order valence-electron chi connectivity index (χ4n) is 4.70. The molecule has 0 saturated carbocycles. The van der Waals surface area contributed by atoms with Crippen LogP contribution in [-0.4, -0.2) is 24.0 Å². The highest BCUT2D eigenvalue weighted by Crippen LogP contribution is 2.35. The predicted octanol–water partition coefficient (Wildman–Crippen LogP) is 7.64. The van der Waals surface area contributed by atoms with Crippen LogP contribution in [0.4, 0.5) is 0 Å². The van der Waals surface area contributed by atoms with Crippen molar-refractivity contribution in [1.29, 1.82) is 0 Å². The molecule has 35 heavy (non-hydrogen) atoms. The highest BCUT2D eigenvalue weighted by atomic mass is 16.1. The van der Waals surface area contributed by atoms with E-state index in [1.165, 1.54) is 0 Å². The van der Waals surface area contributed by atoms with E-state index < -0.39 is 0 Å². The van der Waals surface area contributed by atoms with Crippen LogP contribution in [0.1, 0.15) is 118 Å². The van der Waals surface area contributed by atoms with Crippen LogP contribution in [0.3, 0.4) is 0 Å². The van der Waals surface area contributed by atoms with Gasteiger partial charge in [0.05, 0.1) is 0 Å². The number of rotatable bonds is 8. The lowest BCUT2D eigenvalue weighted by Crippen LogP contribution is -2.28. The van der Waals surface area contributed by atoms with E-state index in [0.717, 1.165) is 47.1 Å². The van der Waals surface area contributed by atoms with Gasteiger partial charge in [-0.2, -0.15) is 0 Å². The third-order valence-electron chi connectivity index (χ3n) is 6.34. The highest BCUT2D eigenvalue weighted by molar-refractivity contribution is 6.03. The van der Waals surface area contributed by atoms with Crippen LogP contribution >= 0.6 is 0 Å². The summed E-state index contributed by atoms with van der Waals surface area (Å²) in [4.78, 5) is 38.0. The first kappa shape index (κ1) is 28.5. The van der Waals surface area contributed by atoms with Crippen molar-refractivity contribution in [3.63, 3.8) is 0 Å². The van der Waals surface area contributed by atoms with Gasteiger partial charge in [-0.3, -0.25) is 14.4 Å². The van der Waals surface area contributed by atoms with Crippen LogP contribution in [0.15, 0.2) is 36.4 Å². The van der Waals surface area contributed by atoms with Crippen LogP contribution in [0, 0.1) is 19.3 Å². The van der Waals surface area contributed by atoms with E-state index in [9.17, 15) is 14.4 Å². The molecule has 0 bridgehead atoms. The molecule has 1 atom stereocenters. The van der Waals surface area contributed by atoms with Gasteiger partial charge in [0, 0.05) is 39.3 Å². The molecular weight excluding hydrogens is 434 g/mol. The number of aryl methyl sites for hydroxylation is 3. The highest BCUT2D eigenvalue weighted by Gasteiger charge is 2.28. The monoisotopic (exact) mass is 481 g/mol. The number of hydrogen-bond acceptors (Lipinski definition) is 3. The van der Waals surface area contributed by atoms with Crippen molar-refractivity contribution < 1.29 is 17.2 Å². The molecule has 1 aliphatic carbocycles. The van der Waals surface area contributed by atoms with Crippen molar-refractivity contribution in [3.8, 4) is 0 Å². The van der Waals surface area contributed by atoms with Gasteiger partial charge >= 0.3 is 0 Å². The SMILES string of the molecule is CC.Cc1ccc(C(=O)C2CCCc3cc(C(=O)CCCNC(=O)CC(C)(C)C)ccc32)c(C)c1.[HH].[HH]. The van der Waals surface area contributed by atoms with Crippen LogP contribution in [-0.2, 0) is 11.2 Å². The average molecular weight is 482 g/mol. The maximum Gasteiger partial charge on any atom is 0.220 e. The van der Waals surface area contributed by atoms with Gasteiger partial charge in [-0.15, -0.1) is 0 Å². The van der Waals surface area contributed by atoms with Gasteiger partial charge in [0.25, 0.3) is 0 Å². The van der Waals surface area contributed by atoms with Crippen LogP contribution in [0.5, 0.6) is 0 Å². The van der Waals surface area contributed by atoms with Gasteiger partial charge in [-0.1, -0.05) is 70.5 Å². The summed E-state index contributed by atoms with van der Waals surface area (Å²) >= 11 is 0. The Hall–Kier alpha value is -2.75. The molecule has 0 heterocycles. The van der Waals surface area contributed by atoms with E-state index in [1.54, 1.807) is 0 Å². The number of Topliss-reactive ketones (excluding diaryl/α,β-unsaturated/α-hetero) is 2. The maximum absolute atomic E-state index is 13.3. The third kappa shape index (κ3) is 8.16. The molecule has 1 aliphatic rings. The molecule has 0 aromatic heterocycles. The van der Waals surface area contributed by atoms with Crippen molar-refractivity contribution >= 4 is 17.5 Å². The predicted molar refractivity (Wildman–Crippen MR) is 149 cm³/mol. The Morgan fingerprint density at radius 2 is 1.74 bits per heavy atom. The Morgan fingerprint density at radius 1 is 1.03 bits per heavy atom. The minimum absolute atomic E-state index is 0. The van der Waals surface area contributed by atoms with Crippen molar-refractivity contribution in [3.05, 3.63) is 69.8 Å². The lowest BCUT2D eigenvalue weighted by Gasteiger charge is -2.25. The van der Waals surface area contributed by atoms with Crippen molar-refractivity contribution in [2.75, 3.05) is 6.54 Å². The fourth-order valence-corrected chi connectivity index (χ4v) is 4.70. The normalized spacial score (nSPS) is 14.9. The molecule has 4 heteroatoms. The minimum atomic E-state index is -0.141. The number of fused-ring (bicyclic) bond motifs is 1. The Labute approximate surface area is 214 Å². The summed E-state index contributed by atoms with van der Waals surface area (Å²) in [6.45, 7) is 14.6. The molecule has 2 aromatic carbocycles. The lowest BCUT2D eigenvalue weighted by atomic mass is 9.77. The summed E-state index contributed by atoms with van der Waals surface area (Å²) in [5, 5.41) is 2.91. The zero-order valence-electron chi connectivity index (χ0n) is 22.7. The number of carbonyl (C=O) groups excluding carboxylic acids is 3. The molecule has 194 valence electrons. The second-order valence-electron chi connectivity index (χ2n) is 10.7. The summed E-state index contributed by atoms with van der Waals surface area (Å²) in [5.74, 6) is 0.157. The Morgan fingerprint density at radius 3 is 2.40 bits per heavy atom. The largest absolute Gasteiger partial charge is 0.356 e. The Balaban J connectivity index is 0.00000316. The van der Waals surface area contributed by atoms with E-state index in [2.05, 4.69) is 11.4 Å². The molecular formula is C31H47NO3. The molecule has 4 nitrogen and oxygen atoms in total. The number of hydrogen-bond donors (Lipinski definition) is 1. The summed E-state index contributed by atoms with van der Waals surface area (Å²) in [5.41, 5.74) is 5.83. The molecule has 2 aromatic rings. The van der Waals surface area contributed by atoms with Crippen molar-refractivity contribution in [2.24, 2.45) is 5.41 Å². The average Bonchev–Trinajstić information content (AvgIpc) is 2.80. The first-order chi connectivity index (χ1) is 16.5. The zero-order chi connectivity index (χ0) is 26.2.